The topological polar surface area (TPSA) is 82.2 Å². The second kappa shape index (κ2) is 10.5. The number of para-hydroxylation sites is 1. The predicted molar refractivity (Wildman–Crippen MR) is 128 cm³/mol. The van der Waals surface area contributed by atoms with Crippen LogP contribution < -0.4 is 10.2 Å². The van der Waals surface area contributed by atoms with Crippen molar-refractivity contribution in [1.29, 1.82) is 0 Å². The minimum atomic E-state index is -0.726. The third-order valence-corrected chi connectivity index (χ3v) is 6.39. The standard InChI is InChI=1S/C25H38N4O4/c1-24(2,3)17-22(31)27-14-11-25(12-15-27)23(32)28(18-21(30)26-13-8-16-33-4)19-29(25)20-9-6-5-7-10-20/h5-7,9-10H,8,11-19H2,1-4H3,(H,26,30). The summed E-state index contributed by atoms with van der Waals surface area (Å²) in [7, 11) is 1.63. The van der Waals surface area contributed by atoms with Crippen molar-refractivity contribution in [2.45, 2.75) is 52.0 Å². The Morgan fingerprint density at radius 1 is 1.12 bits per heavy atom. The molecule has 3 rings (SSSR count). The first-order valence-electron chi connectivity index (χ1n) is 11.8. The first kappa shape index (κ1) is 25.0. The monoisotopic (exact) mass is 458 g/mol. The van der Waals surface area contributed by atoms with Gasteiger partial charge in [0.15, 0.2) is 0 Å². The molecule has 0 aromatic heterocycles. The molecule has 1 aromatic rings. The molecule has 1 aromatic carbocycles. The highest BCUT2D eigenvalue weighted by Gasteiger charge is 2.54. The van der Waals surface area contributed by atoms with Crippen LogP contribution in [0, 0.1) is 5.41 Å². The van der Waals surface area contributed by atoms with E-state index < -0.39 is 5.54 Å². The van der Waals surface area contributed by atoms with Crippen molar-refractivity contribution in [3.05, 3.63) is 30.3 Å². The quantitative estimate of drug-likeness (QED) is 0.604. The summed E-state index contributed by atoms with van der Waals surface area (Å²) in [5.74, 6) is -0.0510. The number of amides is 3. The Morgan fingerprint density at radius 3 is 2.39 bits per heavy atom. The Morgan fingerprint density at radius 2 is 1.79 bits per heavy atom. The molecule has 0 radical (unpaired) electrons. The lowest BCUT2D eigenvalue weighted by Gasteiger charge is -2.43. The zero-order chi connectivity index (χ0) is 24.1. The molecule has 0 unspecified atom stereocenters. The van der Waals surface area contributed by atoms with Crippen LogP contribution in [0.5, 0.6) is 0 Å². The SMILES string of the molecule is COCCCNC(=O)CN1CN(c2ccccc2)C2(CCN(C(=O)CC(C)(C)C)CC2)C1=O. The van der Waals surface area contributed by atoms with Crippen LogP contribution >= 0.6 is 0 Å². The summed E-state index contributed by atoms with van der Waals surface area (Å²) in [6.45, 7) is 8.77. The number of nitrogens with one attached hydrogen (secondary N) is 1. The van der Waals surface area contributed by atoms with Gasteiger partial charge in [-0.15, -0.1) is 0 Å². The van der Waals surface area contributed by atoms with Gasteiger partial charge in [0.25, 0.3) is 5.91 Å². The number of ether oxygens (including phenoxy) is 1. The van der Waals surface area contributed by atoms with Gasteiger partial charge in [-0.25, -0.2) is 0 Å². The first-order chi connectivity index (χ1) is 15.7. The Balaban J connectivity index is 1.72. The molecule has 0 bridgehead atoms. The van der Waals surface area contributed by atoms with E-state index in [-0.39, 0.29) is 29.7 Å². The third-order valence-electron chi connectivity index (χ3n) is 6.39. The van der Waals surface area contributed by atoms with Gasteiger partial charge in [0.05, 0.1) is 6.67 Å². The average molecular weight is 459 g/mol. The number of anilines is 1. The lowest BCUT2D eigenvalue weighted by molar-refractivity contribution is -0.140. The van der Waals surface area contributed by atoms with Crippen LogP contribution in [0.1, 0.15) is 46.5 Å². The van der Waals surface area contributed by atoms with Crippen molar-refractivity contribution in [2.75, 3.05) is 51.5 Å². The van der Waals surface area contributed by atoms with Crippen LogP contribution in [0.25, 0.3) is 0 Å². The lowest BCUT2D eigenvalue weighted by atomic mass is 9.84. The maximum atomic E-state index is 13.7. The summed E-state index contributed by atoms with van der Waals surface area (Å²) >= 11 is 0. The molecule has 2 aliphatic heterocycles. The van der Waals surface area contributed by atoms with Crippen LogP contribution in [0.2, 0.25) is 0 Å². The van der Waals surface area contributed by atoms with Gasteiger partial charge in [-0.05, 0) is 36.8 Å². The Bertz CT molecular complexity index is 829. The van der Waals surface area contributed by atoms with Gasteiger partial charge in [-0.3, -0.25) is 14.4 Å². The Kier molecular flexibility index (Phi) is 8.00. The van der Waals surface area contributed by atoms with Crippen molar-refractivity contribution < 1.29 is 19.1 Å². The zero-order valence-corrected chi connectivity index (χ0v) is 20.4. The number of carbonyl (C=O) groups excluding carboxylic acids is 3. The van der Waals surface area contributed by atoms with Gasteiger partial charge in [-0.2, -0.15) is 0 Å². The van der Waals surface area contributed by atoms with Crippen LogP contribution in [0.15, 0.2) is 30.3 Å². The second-order valence-electron chi connectivity index (χ2n) is 10.3. The number of methoxy groups -OCH3 is 1. The molecule has 2 saturated heterocycles. The highest BCUT2D eigenvalue weighted by Crippen LogP contribution is 2.39. The van der Waals surface area contributed by atoms with Gasteiger partial charge in [0.1, 0.15) is 12.1 Å². The van der Waals surface area contributed by atoms with Crippen molar-refractivity contribution in [1.82, 2.24) is 15.1 Å². The van der Waals surface area contributed by atoms with Gasteiger partial charge in [0, 0.05) is 45.5 Å². The maximum absolute atomic E-state index is 13.7. The third kappa shape index (κ3) is 6.05. The summed E-state index contributed by atoms with van der Waals surface area (Å²) < 4.78 is 5.01. The fourth-order valence-electron chi connectivity index (χ4n) is 4.69. The van der Waals surface area contributed by atoms with Crippen LogP contribution in [-0.4, -0.2) is 79.6 Å². The second-order valence-corrected chi connectivity index (χ2v) is 10.3. The number of likely N-dealkylation sites (tertiary alicyclic amines) is 1. The highest BCUT2D eigenvalue weighted by atomic mass is 16.5. The molecule has 182 valence electrons. The van der Waals surface area contributed by atoms with Crippen LogP contribution in [0.4, 0.5) is 5.69 Å². The van der Waals surface area contributed by atoms with E-state index in [9.17, 15) is 14.4 Å². The smallest absolute Gasteiger partial charge is 0.250 e. The summed E-state index contributed by atoms with van der Waals surface area (Å²) in [4.78, 5) is 44.6. The van der Waals surface area contributed by atoms with Crippen molar-refractivity contribution >= 4 is 23.4 Å². The number of hydrogen-bond donors (Lipinski definition) is 1. The molecule has 2 fully saturated rings. The molecule has 8 nitrogen and oxygen atoms in total. The summed E-state index contributed by atoms with van der Waals surface area (Å²) in [5, 5.41) is 2.87. The first-order valence-corrected chi connectivity index (χ1v) is 11.8. The molecular formula is C25H38N4O4. The molecule has 8 heteroatoms. The van der Waals surface area contributed by atoms with Gasteiger partial charge in [-0.1, -0.05) is 39.0 Å². The normalized spacial score (nSPS) is 18.2. The number of hydrogen-bond acceptors (Lipinski definition) is 5. The maximum Gasteiger partial charge on any atom is 0.250 e. The largest absolute Gasteiger partial charge is 0.385 e. The van der Waals surface area contributed by atoms with Crippen LogP contribution in [-0.2, 0) is 19.1 Å². The molecule has 0 aliphatic carbocycles. The highest BCUT2D eigenvalue weighted by molar-refractivity contribution is 5.96. The lowest BCUT2D eigenvalue weighted by Crippen LogP contribution is -2.57. The molecule has 0 saturated carbocycles. The van der Waals surface area contributed by atoms with E-state index in [1.165, 1.54) is 0 Å². The molecule has 2 heterocycles. The predicted octanol–water partition coefficient (Wildman–Crippen LogP) is 2.24. The Hall–Kier alpha value is -2.61. The van der Waals surface area contributed by atoms with E-state index in [4.69, 9.17) is 4.74 Å². The fourth-order valence-corrected chi connectivity index (χ4v) is 4.69. The molecule has 3 amide bonds. The van der Waals surface area contributed by atoms with Gasteiger partial charge < -0.3 is 24.8 Å². The summed E-state index contributed by atoms with van der Waals surface area (Å²) in [6, 6.07) is 9.87. The van der Waals surface area contributed by atoms with E-state index in [0.29, 0.717) is 52.2 Å². The molecule has 33 heavy (non-hydrogen) atoms. The fraction of sp³-hybridized carbons (Fsp3) is 0.640. The van der Waals surface area contributed by atoms with Crippen LogP contribution in [0.3, 0.4) is 0 Å². The van der Waals surface area contributed by atoms with E-state index in [0.717, 1.165) is 12.1 Å². The molecule has 1 spiro atoms. The molecule has 0 atom stereocenters. The number of rotatable bonds is 8. The summed E-state index contributed by atoms with van der Waals surface area (Å²) in [6.07, 6.45) is 2.34. The van der Waals surface area contributed by atoms with Gasteiger partial charge in [0.2, 0.25) is 11.8 Å². The summed E-state index contributed by atoms with van der Waals surface area (Å²) in [5.41, 5.74) is 0.165. The Labute approximate surface area is 197 Å². The van der Waals surface area contributed by atoms with Crippen molar-refractivity contribution in [2.24, 2.45) is 5.41 Å². The van der Waals surface area contributed by atoms with E-state index in [1.807, 2.05) is 35.2 Å². The van der Waals surface area contributed by atoms with E-state index >= 15 is 0 Å². The average Bonchev–Trinajstić information content (AvgIpc) is 3.03. The van der Waals surface area contributed by atoms with Crippen molar-refractivity contribution in [3.8, 4) is 0 Å². The molecule has 2 aliphatic rings. The molecule has 1 N–H and O–H groups in total. The minimum absolute atomic E-state index is 0.0266. The number of benzene rings is 1. The zero-order valence-electron chi connectivity index (χ0n) is 20.4. The molecular weight excluding hydrogens is 420 g/mol. The number of piperidine rings is 1. The van der Waals surface area contributed by atoms with E-state index in [2.05, 4.69) is 31.0 Å². The number of nitrogens with zero attached hydrogens (tertiary/aromatic N) is 3. The minimum Gasteiger partial charge on any atom is -0.385 e. The van der Waals surface area contributed by atoms with Gasteiger partial charge >= 0.3 is 0 Å². The van der Waals surface area contributed by atoms with Crippen molar-refractivity contribution in [3.63, 3.8) is 0 Å². The number of carbonyl (C=O) groups is 3. The van der Waals surface area contributed by atoms with E-state index in [1.54, 1.807) is 12.0 Å².